The van der Waals surface area contributed by atoms with Gasteiger partial charge in [0.15, 0.2) is 0 Å². The summed E-state index contributed by atoms with van der Waals surface area (Å²) in [5.74, 6) is 5.68. The maximum absolute atomic E-state index is 5.68. The lowest BCUT2D eigenvalue weighted by Crippen LogP contribution is -2.48. The first-order valence-corrected chi connectivity index (χ1v) is 7.46. The van der Waals surface area contributed by atoms with Crippen LogP contribution in [-0.2, 0) is 4.84 Å². The predicted molar refractivity (Wildman–Crippen MR) is 84.8 cm³/mol. The second kappa shape index (κ2) is 5.73. The lowest BCUT2D eigenvalue weighted by molar-refractivity contribution is -0.119. The molecule has 0 bridgehead atoms. The van der Waals surface area contributed by atoms with Crippen LogP contribution in [0.5, 0.6) is 0 Å². The van der Waals surface area contributed by atoms with Gasteiger partial charge in [0.1, 0.15) is 0 Å². The maximum atomic E-state index is 5.68. The molecule has 0 atom stereocenters. The van der Waals surface area contributed by atoms with Crippen LogP contribution in [0.1, 0.15) is 82.1 Å². The summed E-state index contributed by atoms with van der Waals surface area (Å²) in [6.07, 6.45) is 2.24. The zero-order valence-electron chi connectivity index (χ0n) is 15.0. The smallest absolute Gasteiger partial charge is 0.0889 e. The van der Waals surface area contributed by atoms with Gasteiger partial charge in [-0.05, 0) is 34.5 Å². The van der Waals surface area contributed by atoms with E-state index in [9.17, 15) is 0 Å². The summed E-state index contributed by atoms with van der Waals surface area (Å²) in [6.45, 7) is 22.8. The third-order valence-electron chi connectivity index (χ3n) is 3.53. The Kier molecular flexibility index (Phi) is 5.71. The van der Waals surface area contributed by atoms with Crippen molar-refractivity contribution in [3.63, 3.8) is 0 Å². The van der Waals surface area contributed by atoms with E-state index in [-0.39, 0.29) is 27.8 Å². The molecule has 2 nitrogen and oxygen atoms in total. The standard InChI is InChI=1S/C17H37NO/c1-14(2,3)11-16(7,8)13(19-18)17(9,10)12-15(4,5)6/h13H,11-12,18H2,1-10H3. The van der Waals surface area contributed by atoms with E-state index in [1.807, 2.05) is 0 Å². The molecule has 0 fully saturated rings. The molecule has 0 aromatic heterocycles. The van der Waals surface area contributed by atoms with Crippen LogP contribution >= 0.6 is 0 Å². The van der Waals surface area contributed by atoms with Crippen LogP contribution in [-0.4, -0.2) is 6.10 Å². The zero-order valence-corrected chi connectivity index (χ0v) is 15.0. The molecule has 0 saturated carbocycles. The summed E-state index contributed by atoms with van der Waals surface area (Å²) in [6, 6.07) is 0. The van der Waals surface area contributed by atoms with E-state index in [0.29, 0.717) is 0 Å². The summed E-state index contributed by atoms with van der Waals surface area (Å²) in [7, 11) is 0. The molecule has 0 aliphatic rings. The Bertz CT molecular complexity index is 251. The number of rotatable bonds is 5. The van der Waals surface area contributed by atoms with Gasteiger partial charge in [-0.2, -0.15) is 0 Å². The van der Waals surface area contributed by atoms with Crippen molar-refractivity contribution in [1.82, 2.24) is 0 Å². The lowest BCUT2D eigenvalue weighted by atomic mass is 9.62. The van der Waals surface area contributed by atoms with Crippen molar-refractivity contribution < 1.29 is 4.84 Å². The van der Waals surface area contributed by atoms with Crippen LogP contribution < -0.4 is 5.90 Å². The lowest BCUT2D eigenvalue weighted by Gasteiger charge is -2.47. The highest BCUT2D eigenvalue weighted by molar-refractivity contribution is 4.93. The van der Waals surface area contributed by atoms with E-state index in [2.05, 4.69) is 69.2 Å². The van der Waals surface area contributed by atoms with Crippen LogP contribution in [0, 0.1) is 21.7 Å². The molecule has 0 aromatic carbocycles. The fourth-order valence-corrected chi connectivity index (χ4v) is 4.35. The van der Waals surface area contributed by atoms with Gasteiger partial charge >= 0.3 is 0 Å². The Hall–Kier alpha value is -0.0800. The molecular weight excluding hydrogens is 234 g/mol. The third-order valence-corrected chi connectivity index (χ3v) is 3.53. The second-order valence-electron chi connectivity index (χ2n) is 9.97. The van der Waals surface area contributed by atoms with Gasteiger partial charge in [0.25, 0.3) is 0 Å². The zero-order chi connectivity index (χ0) is 15.7. The molecule has 0 aliphatic carbocycles. The van der Waals surface area contributed by atoms with Gasteiger partial charge in [-0.15, -0.1) is 0 Å². The van der Waals surface area contributed by atoms with Gasteiger partial charge in [0.2, 0.25) is 0 Å². The maximum Gasteiger partial charge on any atom is 0.0889 e. The van der Waals surface area contributed by atoms with Gasteiger partial charge in [-0.1, -0.05) is 69.2 Å². The molecule has 0 amide bonds. The summed E-state index contributed by atoms with van der Waals surface area (Å²) < 4.78 is 0. The molecule has 0 aliphatic heterocycles. The SMILES string of the molecule is CC(C)(C)CC(C)(C)C(ON)C(C)(C)CC(C)(C)C. The fraction of sp³-hybridized carbons (Fsp3) is 1.00. The van der Waals surface area contributed by atoms with Crippen molar-refractivity contribution in [2.45, 2.75) is 88.2 Å². The van der Waals surface area contributed by atoms with Crippen molar-refractivity contribution >= 4 is 0 Å². The summed E-state index contributed by atoms with van der Waals surface area (Å²) in [5, 5.41) is 0. The average Bonchev–Trinajstić information content (AvgIpc) is 1.91. The van der Waals surface area contributed by atoms with Gasteiger partial charge < -0.3 is 4.84 Å². The molecule has 0 radical (unpaired) electrons. The van der Waals surface area contributed by atoms with Gasteiger partial charge in [-0.3, -0.25) is 0 Å². The van der Waals surface area contributed by atoms with E-state index in [0.717, 1.165) is 12.8 Å². The van der Waals surface area contributed by atoms with Crippen molar-refractivity contribution in [2.75, 3.05) is 0 Å². The highest BCUT2D eigenvalue weighted by atomic mass is 16.6. The van der Waals surface area contributed by atoms with Crippen LogP contribution in [0.3, 0.4) is 0 Å². The minimum absolute atomic E-state index is 0.0541. The minimum Gasteiger partial charge on any atom is -0.300 e. The van der Waals surface area contributed by atoms with E-state index in [1.165, 1.54) is 0 Å². The molecular formula is C17H37NO. The molecule has 2 heteroatoms. The van der Waals surface area contributed by atoms with Crippen LogP contribution in [0.25, 0.3) is 0 Å². The number of hydrogen-bond acceptors (Lipinski definition) is 2. The van der Waals surface area contributed by atoms with Gasteiger partial charge in [0.05, 0.1) is 6.10 Å². The Labute approximate surface area is 121 Å². The van der Waals surface area contributed by atoms with Crippen molar-refractivity contribution in [2.24, 2.45) is 27.6 Å². The Balaban J connectivity index is 5.18. The predicted octanol–water partition coefficient (Wildman–Crippen LogP) is 5.17. The van der Waals surface area contributed by atoms with Gasteiger partial charge in [0, 0.05) is 0 Å². The van der Waals surface area contributed by atoms with Crippen LogP contribution in [0.4, 0.5) is 0 Å². The van der Waals surface area contributed by atoms with E-state index >= 15 is 0 Å². The molecule has 116 valence electrons. The van der Waals surface area contributed by atoms with Crippen molar-refractivity contribution in [1.29, 1.82) is 0 Å². The molecule has 2 N–H and O–H groups in total. The quantitative estimate of drug-likeness (QED) is 0.700. The second-order valence-corrected chi connectivity index (χ2v) is 9.97. The van der Waals surface area contributed by atoms with E-state index < -0.39 is 0 Å². The van der Waals surface area contributed by atoms with E-state index in [1.54, 1.807) is 0 Å². The number of nitrogens with two attached hydrogens (primary N) is 1. The summed E-state index contributed by atoms with van der Waals surface area (Å²) in [5.41, 5.74) is 0.666. The summed E-state index contributed by atoms with van der Waals surface area (Å²) >= 11 is 0. The Morgan fingerprint density at radius 2 is 0.947 bits per heavy atom. The normalized spacial score (nSPS) is 15.2. The first kappa shape index (κ1) is 18.9. The first-order chi connectivity index (χ1) is 8.11. The largest absolute Gasteiger partial charge is 0.300 e. The molecule has 19 heavy (non-hydrogen) atoms. The average molecular weight is 271 g/mol. The summed E-state index contributed by atoms with van der Waals surface area (Å²) in [4.78, 5) is 5.47. The molecule has 0 aromatic rings. The molecule has 0 unspecified atom stereocenters. The van der Waals surface area contributed by atoms with Gasteiger partial charge in [-0.25, -0.2) is 5.90 Å². The third kappa shape index (κ3) is 6.76. The van der Waals surface area contributed by atoms with Crippen molar-refractivity contribution in [3.05, 3.63) is 0 Å². The molecule has 0 rings (SSSR count). The molecule has 0 heterocycles. The Morgan fingerprint density at radius 1 is 0.684 bits per heavy atom. The fourth-order valence-electron chi connectivity index (χ4n) is 4.35. The monoisotopic (exact) mass is 271 g/mol. The number of hydrogen-bond donors (Lipinski definition) is 1. The Morgan fingerprint density at radius 3 is 1.11 bits per heavy atom. The highest BCUT2D eigenvalue weighted by Gasteiger charge is 2.44. The van der Waals surface area contributed by atoms with Crippen LogP contribution in [0.2, 0.25) is 0 Å². The minimum atomic E-state index is 0.0541. The molecule has 0 saturated heterocycles. The van der Waals surface area contributed by atoms with Crippen LogP contribution in [0.15, 0.2) is 0 Å². The highest BCUT2D eigenvalue weighted by Crippen LogP contribution is 2.47. The van der Waals surface area contributed by atoms with E-state index in [4.69, 9.17) is 10.7 Å². The van der Waals surface area contributed by atoms with Crippen molar-refractivity contribution in [3.8, 4) is 0 Å². The topological polar surface area (TPSA) is 35.2 Å². The molecule has 0 spiro atoms. The first-order valence-electron chi connectivity index (χ1n) is 7.46.